The molecule has 0 amide bonds. The van der Waals surface area contributed by atoms with Crippen LogP contribution in [0.3, 0.4) is 0 Å². The van der Waals surface area contributed by atoms with E-state index in [9.17, 15) is 0 Å². The van der Waals surface area contributed by atoms with Crippen LogP contribution in [0, 0.1) is 27.7 Å². The van der Waals surface area contributed by atoms with E-state index in [4.69, 9.17) is 9.84 Å². The van der Waals surface area contributed by atoms with Crippen LogP contribution in [0.5, 0.6) is 11.5 Å². The number of aromatic hydroxyl groups is 1. The van der Waals surface area contributed by atoms with Crippen LogP contribution in [0.1, 0.15) is 47.9 Å². The molecule has 0 saturated carbocycles. The van der Waals surface area contributed by atoms with Gasteiger partial charge in [0.1, 0.15) is 11.5 Å². The van der Waals surface area contributed by atoms with E-state index in [1.807, 2.05) is 19.9 Å². The second-order valence-electron chi connectivity index (χ2n) is 6.62. The Morgan fingerprint density at radius 1 is 0.720 bits per heavy atom. The topological polar surface area (TPSA) is 29.5 Å². The van der Waals surface area contributed by atoms with E-state index in [1.54, 1.807) is 12.1 Å². The van der Waals surface area contributed by atoms with Gasteiger partial charge in [-0.2, -0.15) is 0 Å². The number of halogens is 1. The van der Waals surface area contributed by atoms with Gasteiger partial charge in [-0.1, -0.05) is 40.9 Å². The van der Waals surface area contributed by atoms with Crippen molar-refractivity contribution in [1.82, 2.24) is 0 Å². The van der Waals surface area contributed by atoms with Crippen LogP contribution in [-0.4, -0.2) is 17.0 Å². The zero-order chi connectivity index (χ0) is 18.7. The molecule has 25 heavy (non-hydrogen) atoms. The molecule has 0 aliphatic rings. The van der Waals surface area contributed by atoms with E-state index in [0.29, 0.717) is 5.75 Å². The number of ether oxygens (including phenoxy) is 1. The second-order valence-corrected chi connectivity index (χ2v) is 7.41. The fraction of sp³-hybridized carbons (Fsp3) is 0.455. The maximum atomic E-state index is 8.99. The molecular formula is C22H31BrO2. The van der Waals surface area contributed by atoms with Gasteiger partial charge in [0, 0.05) is 5.33 Å². The van der Waals surface area contributed by atoms with Crippen molar-refractivity contribution in [3.05, 3.63) is 58.7 Å². The summed E-state index contributed by atoms with van der Waals surface area (Å²) in [6.45, 7) is 8.98. The number of hydrogen-bond donors (Lipinski definition) is 1. The van der Waals surface area contributed by atoms with E-state index in [2.05, 4.69) is 48.0 Å². The lowest BCUT2D eigenvalue weighted by atomic mass is 10.1. The third-order valence-electron chi connectivity index (χ3n) is 3.70. The number of phenols is 1. The van der Waals surface area contributed by atoms with Crippen LogP contribution >= 0.6 is 15.9 Å². The molecule has 0 aromatic heterocycles. The predicted octanol–water partition coefficient (Wildman–Crippen LogP) is 6.65. The van der Waals surface area contributed by atoms with Crippen LogP contribution < -0.4 is 4.74 Å². The molecule has 0 atom stereocenters. The highest BCUT2D eigenvalue weighted by molar-refractivity contribution is 9.09. The SMILES string of the molecule is Cc1cc(C)cc(O)c1.Cc1cc(C)cc(OCCCCCCBr)c1. The molecule has 0 heterocycles. The van der Waals surface area contributed by atoms with Crippen molar-refractivity contribution in [3.63, 3.8) is 0 Å². The number of aryl methyl sites for hydroxylation is 4. The molecule has 0 spiro atoms. The van der Waals surface area contributed by atoms with Gasteiger partial charge in [-0.15, -0.1) is 0 Å². The average Bonchev–Trinajstić information content (AvgIpc) is 2.49. The Kier molecular flexibility index (Phi) is 10.3. The monoisotopic (exact) mass is 406 g/mol. The first-order valence-electron chi connectivity index (χ1n) is 8.95. The summed E-state index contributed by atoms with van der Waals surface area (Å²) < 4.78 is 5.74. The van der Waals surface area contributed by atoms with Gasteiger partial charge in [0.25, 0.3) is 0 Å². The highest BCUT2D eigenvalue weighted by Gasteiger charge is 1.97. The van der Waals surface area contributed by atoms with E-state index in [0.717, 1.165) is 35.2 Å². The summed E-state index contributed by atoms with van der Waals surface area (Å²) in [6, 6.07) is 11.9. The molecule has 2 aromatic carbocycles. The summed E-state index contributed by atoms with van der Waals surface area (Å²) in [7, 11) is 0. The lowest BCUT2D eigenvalue weighted by molar-refractivity contribution is 0.305. The number of unbranched alkanes of at least 4 members (excludes halogenated alkanes) is 3. The normalized spacial score (nSPS) is 10.1. The van der Waals surface area contributed by atoms with Crippen molar-refractivity contribution in [2.24, 2.45) is 0 Å². The maximum Gasteiger partial charge on any atom is 0.119 e. The summed E-state index contributed by atoms with van der Waals surface area (Å²) in [5.74, 6) is 1.37. The minimum absolute atomic E-state index is 0.354. The number of rotatable bonds is 7. The number of alkyl halides is 1. The molecule has 1 N–H and O–H groups in total. The summed E-state index contributed by atoms with van der Waals surface area (Å²) in [5.41, 5.74) is 4.75. The predicted molar refractivity (Wildman–Crippen MR) is 111 cm³/mol. The minimum atomic E-state index is 0.354. The molecule has 138 valence electrons. The van der Waals surface area contributed by atoms with Crippen molar-refractivity contribution >= 4 is 15.9 Å². The van der Waals surface area contributed by atoms with Gasteiger partial charge in [0.15, 0.2) is 0 Å². The molecule has 0 aliphatic heterocycles. The zero-order valence-electron chi connectivity index (χ0n) is 15.9. The molecule has 0 saturated heterocycles. The van der Waals surface area contributed by atoms with E-state index in [1.165, 1.54) is 30.4 Å². The molecule has 2 rings (SSSR count). The molecular weight excluding hydrogens is 376 g/mol. The summed E-state index contributed by atoms with van der Waals surface area (Å²) in [4.78, 5) is 0. The quantitative estimate of drug-likeness (QED) is 0.411. The molecule has 0 bridgehead atoms. The van der Waals surface area contributed by atoms with Gasteiger partial charge in [-0.3, -0.25) is 0 Å². The molecule has 0 fully saturated rings. The Hall–Kier alpha value is -1.48. The van der Waals surface area contributed by atoms with Gasteiger partial charge in [-0.25, -0.2) is 0 Å². The van der Waals surface area contributed by atoms with E-state index in [-0.39, 0.29) is 0 Å². The Balaban J connectivity index is 0.000000293. The Bertz CT molecular complexity index is 567. The van der Waals surface area contributed by atoms with Crippen LogP contribution in [0.15, 0.2) is 36.4 Å². The van der Waals surface area contributed by atoms with Crippen LogP contribution in [0.2, 0.25) is 0 Å². The highest BCUT2D eigenvalue weighted by atomic mass is 79.9. The van der Waals surface area contributed by atoms with Crippen molar-refractivity contribution in [2.45, 2.75) is 53.4 Å². The van der Waals surface area contributed by atoms with Crippen molar-refractivity contribution < 1.29 is 9.84 Å². The van der Waals surface area contributed by atoms with Crippen LogP contribution in [-0.2, 0) is 0 Å². The average molecular weight is 407 g/mol. The van der Waals surface area contributed by atoms with Crippen LogP contribution in [0.4, 0.5) is 0 Å². The van der Waals surface area contributed by atoms with Gasteiger partial charge in [0.05, 0.1) is 6.61 Å². The van der Waals surface area contributed by atoms with Gasteiger partial charge in [-0.05, 0) is 87.1 Å². The summed E-state index contributed by atoms with van der Waals surface area (Å²) in [6.07, 6.45) is 4.97. The van der Waals surface area contributed by atoms with Crippen LogP contribution in [0.25, 0.3) is 0 Å². The lowest BCUT2D eigenvalue weighted by Gasteiger charge is -2.07. The summed E-state index contributed by atoms with van der Waals surface area (Å²) in [5, 5.41) is 10.1. The molecule has 0 unspecified atom stereocenters. The molecule has 2 nitrogen and oxygen atoms in total. The summed E-state index contributed by atoms with van der Waals surface area (Å²) >= 11 is 3.44. The van der Waals surface area contributed by atoms with E-state index < -0.39 is 0 Å². The second kappa shape index (κ2) is 12.0. The Labute approximate surface area is 161 Å². The van der Waals surface area contributed by atoms with Gasteiger partial charge >= 0.3 is 0 Å². The molecule has 0 aliphatic carbocycles. The van der Waals surface area contributed by atoms with Crippen molar-refractivity contribution in [3.8, 4) is 11.5 Å². The minimum Gasteiger partial charge on any atom is -0.508 e. The first-order valence-corrected chi connectivity index (χ1v) is 10.1. The fourth-order valence-electron chi connectivity index (χ4n) is 2.71. The Morgan fingerprint density at radius 3 is 1.68 bits per heavy atom. The third-order valence-corrected chi connectivity index (χ3v) is 4.26. The maximum absolute atomic E-state index is 8.99. The van der Waals surface area contributed by atoms with Gasteiger partial charge < -0.3 is 9.84 Å². The molecule has 2 aromatic rings. The molecule has 0 radical (unpaired) electrons. The smallest absolute Gasteiger partial charge is 0.119 e. The number of hydrogen-bond acceptors (Lipinski definition) is 2. The Morgan fingerprint density at radius 2 is 1.20 bits per heavy atom. The zero-order valence-corrected chi connectivity index (χ0v) is 17.5. The number of benzene rings is 2. The lowest BCUT2D eigenvalue weighted by Crippen LogP contribution is -1.98. The third kappa shape index (κ3) is 10.2. The van der Waals surface area contributed by atoms with Crippen molar-refractivity contribution in [1.29, 1.82) is 0 Å². The standard InChI is InChI=1S/C14H21BrO.C8H10O/c1-12-9-13(2)11-14(10-12)16-8-6-4-3-5-7-15;1-6-3-7(2)5-8(9)4-6/h9-11H,3-8H2,1-2H3;3-5,9H,1-2H3. The van der Waals surface area contributed by atoms with E-state index >= 15 is 0 Å². The largest absolute Gasteiger partial charge is 0.508 e. The molecule has 3 heteroatoms. The first kappa shape index (κ1) is 21.6. The highest BCUT2D eigenvalue weighted by Crippen LogP contribution is 2.16. The number of phenolic OH excluding ortho intramolecular Hbond substituents is 1. The fourth-order valence-corrected chi connectivity index (χ4v) is 3.10. The van der Waals surface area contributed by atoms with Crippen molar-refractivity contribution in [2.75, 3.05) is 11.9 Å². The first-order chi connectivity index (χ1) is 11.9. The van der Waals surface area contributed by atoms with Gasteiger partial charge in [0.2, 0.25) is 0 Å².